The number of anilines is 1. The van der Waals surface area contributed by atoms with Crippen LogP contribution in [0.25, 0.3) is 0 Å². The first kappa shape index (κ1) is 22.2. The zero-order valence-electron chi connectivity index (χ0n) is 12.8. The van der Waals surface area contributed by atoms with Crippen LogP contribution in [0.15, 0.2) is 22.7 Å². The van der Waals surface area contributed by atoms with Crippen molar-refractivity contribution in [3.8, 4) is 0 Å². The summed E-state index contributed by atoms with van der Waals surface area (Å²) in [6.07, 6.45) is 4.88. The molecule has 1 aromatic carbocycles. The summed E-state index contributed by atoms with van der Waals surface area (Å²) in [6.45, 7) is 4.21. The second-order valence-corrected chi connectivity index (χ2v) is 6.19. The molecular formula is C14H19BrNNaO4S. The fourth-order valence-electron chi connectivity index (χ4n) is 2.28. The van der Waals surface area contributed by atoms with Crippen LogP contribution >= 0.6 is 15.9 Å². The van der Waals surface area contributed by atoms with Crippen LogP contribution in [0.3, 0.4) is 0 Å². The van der Waals surface area contributed by atoms with Crippen molar-refractivity contribution in [3.05, 3.63) is 28.2 Å². The van der Waals surface area contributed by atoms with Crippen LogP contribution in [-0.2, 0) is 16.2 Å². The van der Waals surface area contributed by atoms with Gasteiger partial charge in [0.05, 0.1) is 17.0 Å². The first-order chi connectivity index (χ1) is 9.95. The molecular weight excluding hydrogens is 381 g/mol. The molecule has 2 atom stereocenters. The van der Waals surface area contributed by atoms with E-state index in [0.29, 0.717) is 0 Å². The second kappa shape index (κ2) is 11.7. The molecule has 1 aliphatic heterocycles. The zero-order valence-corrected chi connectivity index (χ0v) is 17.2. The second-order valence-electron chi connectivity index (χ2n) is 4.90. The minimum Gasteiger partial charge on any atom is -0.750 e. The molecule has 0 radical (unpaired) electrons. The van der Waals surface area contributed by atoms with Crippen molar-refractivity contribution < 1.29 is 47.7 Å². The average Bonchev–Trinajstić information content (AvgIpc) is 2.46. The Hall–Kier alpha value is 0.240. The molecule has 1 aromatic rings. The predicted octanol–water partition coefficient (Wildman–Crippen LogP) is 0.0843. The van der Waals surface area contributed by atoms with Crippen LogP contribution in [0.4, 0.5) is 5.69 Å². The van der Waals surface area contributed by atoms with Gasteiger partial charge in [0, 0.05) is 23.5 Å². The Bertz CT molecular complexity index is 494. The van der Waals surface area contributed by atoms with Gasteiger partial charge in [0.15, 0.2) is 0 Å². The fraction of sp³-hybridized carbons (Fsp3) is 0.500. The maximum Gasteiger partial charge on any atom is 1.00 e. The molecule has 0 aliphatic carbocycles. The molecule has 2 rings (SSSR count). The maximum absolute atomic E-state index is 10.8. The van der Waals surface area contributed by atoms with E-state index in [-0.39, 0.29) is 35.5 Å². The summed E-state index contributed by atoms with van der Waals surface area (Å²) < 4.78 is 25.2. The van der Waals surface area contributed by atoms with Crippen molar-refractivity contribution in [1.82, 2.24) is 0 Å². The summed E-state index contributed by atoms with van der Waals surface area (Å²) in [6, 6.07) is 6.27. The molecule has 1 saturated heterocycles. The van der Waals surface area contributed by atoms with Crippen molar-refractivity contribution in [2.45, 2.75) is 32.1 Å². The number of rotatable bonds is 3. The minimum absolute atomic E-state index is 0. The molecule has 0 spiro atoms. The van der Waals surface area contributed by atoms with Crippen LogP contribution in [-0.4, -0.2) is 32.7 Å². The average molecular weight is 400 g/mol. The summed E-state index contributed by atoms with van der Waals surface area (Å²) in [5.74, 6) is -0.0262. The molecule has 118 valence electrons. The Morgan fingerprint density at radius 3 is 2.36 bits per heavy atom. The molecule has 0 aromatic heterocycles. The Balaban J connectivity index is 0.000000791. The Morgan fingerprint density at radius 1 is 1.36 bits per heavy atom. The van der Waals surface area contributed by atoms with E-state index < -0.39 is 11.4 Å². The Labute approximate surface area is 164 Å². The van der Waals surface area contributed by atoms with Crippen molar-refractivity contribution in [2.75, 3.05) is 18.0 Å². The van der Waals surface area contributed by atoms with Gasteiger partial charge in [0.1, 0.15) is 6.29 Å². The number of piperidine rings is 1. The van der Waals surface area contributed by atoms with Crippen LogP contribution in [0, 0.1) is 0 Å². The quantitative estimate of drug-likeness (QED) is 0.442. The van der Waals surface area contributed by atoms with Gasteiger partial charge in [-0.1, -0.05) is 13.0 Å². The molecule has 0 bridgehead atoms. The van der Waals surface area contributed by atoms with Gasteiger partial charge in [-0.15, -0.1) is 0 Å². The third kappa shape index (κ3) is 7.68. The van der Waals surface area contributed by atoms with E-state index in [9.17, 15) is 4.79 Å². The molecule has 2 unspecified atom stereocenters. The molecule has 1 N–H and O–H groups in total. The number of hydrogen-bond acceptors (Lipinski definition) is 4. The van der Waals surface area contributed by atoms with E-state index in [1.165, 1.54) is 24.9 Å². The van der Waals surface area contributed by atoms with Gasteiger partial charge >= 0.3 is 29.6 Å². The molecule has 1 fully saturated rings. The normalized spacial score (nSPS) is 16.6. The smallest absolute Gasteiger partial charge is 0.750 e. The first-order valence-corrected chi connectivity index (χ1v) is 8.56. The number of carbonyl (C=O) groups excluding carboxylic acids is 1. The van der Waals surface area contributed by atoms with Crippen LogP contribution < -0.4 is 34.5 Å². The zero-order chi connectivity index (χ0) is 15.8. The van der Waals surface area contributed by atoms with Gasteiger partial charge < -0.3 is 18.8 Å². The van der Waals surface area contributed by atoms with E-state index in [2.05, 4.69) is 39.0 Å². The molecule has 1 aliphatic rings. The third-order valence-corrected chi connectivity index (χ3v) is 4.03. The number of halogens is 1. The summed E-state index contributed by atoms with van der Waals surface area (Å²) >= 11 is 0.761. The molecule has 5 nitrogen and oxygen atoms in total. The predicted molar refractivity (Wildman–Crippen MR) is 86.2 cm³/mol. The van der Waals surface area contributed by atoms with Crippen molar-refractivity contribution in [2.24, 2.45) is 0 Å². The van der Waals surface area contributed by atoms with E-state index in [0.717, 1.165) is 29.4 Å². The van der Waals surface area contributed by atoms with Gasteiger partial charge in [-0.05, 0) is 52.9 Å². The summed E-state index contributed by atoms with van der Waals surface area (Å²) in [7, 11) is 0. The van der Waals surface area contributed by atoms with Crippen LogP contribution in [0.5, 0.6) is 0 Å². The van der Waals surface area contributed by atoms with Crippen molar-refractivity contribution >= 4 is 39.3 Å². The Morgan fingerprint density at radius 2 is 1.91 bits per heavy atom. The number of aldehydes is 1. The first-order valence-electron chi connectivity index (χ1n) is 6.73. The summed E-state index contributed by atoms with van der Waals surface area (Å²) in [5.41, 5.74) is 2.33. The minimum atomic E-state index is -2.86. The number of carbonyl (C=O) groups is 1. The van der Waals surface area contributed by atoms with Crippen molar-refractivity contribution in [3.63, 3.8) is 0 Å². The molecule has 0 saturated carbocycles. The van der Waals surface area contributed by atoms with Crippen LogP contribution in [0.1, 0.15) is 37.7 Å². The number of benzene rings is 1. The molecule has 0 amide bonds. The largest absolute Gasteiger partial charge is 1.00 e. The maximum atomic E-state index is 10.8. The molecule has 1 heterocycles. The summed E-state index contributed by atoms with van der Waals surface area (Å²) in [4.78, 5) is 13.2. The number of nitrogens with zero attached hydrogens (tertiary/aromatic N) is 1. The summed E-state index contributed by atoms with van der Waals surface area (Å²) in [5, 5.41) is 0. The molecule has 22 heavy (non-hydrogen) atoms. The standard InChI is InChI=1S/C14H18BrNO.Na.H2O3S/c1-11(10-17)12-5-6-14(13(15)9-12)16-7-3-2-4-8-16;;1-4(2)3/h5-6,9-11H,2-4,7-8H2,1H3;;(H2,1,2,3)/q;+1;/p-1. The van der Waals surface area contributed by atoms with Gasteiger partial charge in [-0.25, -0.2) is 4.21 Å². The fourth-order valence-corrected chi connectivity index (χ4v) is 2.92. The third-order valence-electron chi connectivity index (χ3n) is 3.40. The topological polar surface area (TPSA) is 80.7 Å². The number of hydrogen-bond donors (Lipinski definition) is 1. The van der Waals surface area contributed by atoms with Gasteiger partial charge in [-0.2, -0.15) is 0 Å². The van der Waals surface area contributed by atoms with Gasteiger partial charge in [0.2, 0.25) is 0 Å². The molecule has 8 heteroatoms. The monoisotopic (exact) mass is 399 g/mol. The van der Waals surface area contributed by atoms with Crippen molar-refractivity contribution in [1.29, 1.82) is 0 Å². The van der Waals surface area contributed by atoms with E-state index in [1.807, 2.05) is 6.92 Å². The van der Waals surface area contributed by atoms with Gasteiger partial charge in [0.25, 0.3) is 0 Å². The van der Waals surface area contributed by atoms with Crippen LogP contribution in [0.2, 0.25) is 0 Å². The Kier molecular flexibility index (Phi) is 11.9. The van der Waals surface area contributed by atoms with E-state index >= 15 is 0 Å². The SMILES string of the molecule is CC(C=O)c1ccc(N2CCCCC2)c(Br)c1.O=S([O-])O.[Na+]. The van der Waals surface area contributed by atoms with E-state index in [1.54, 1.807) is 0 Å². The van der Waals surface area contributed by atoms with Gasteiger partial charge in [-0.3, -0.25) is 0 Å². The van der Waals surface area contributed by atoms with E-state index in [4.69, 9.17) is 13.3 Å².